The lowest BCUT2D eigenvalue weighted by Crippen LogP contribution is -2.41. The molecule has 2 rings (SSSR count). The van der Waals surface area contributed by atoms with E-state index in [2.05, 4.69) is 0 Å². The van der Waals surface area contributed by atoms with Gasteiger partial charge in [-0.2, -0.15) is 0 Å². The molecule has 4 nitrogen and oxygen atoms in total. The summed E-state index contributed by atoms with van der Waals surface area (Å²) in [5, 5.41) is 8.95. The molecule has 3 N–H and O–H groups in total. The van der Waals surface area contributed by atoms with Gasteiger partial charge in [0.25, 0.3) is 0 Å². The third kappa shape index (κ3) is 2.92. The third-order valence-electron chi connectivity index (χ3n) is 3.12. The topological polar surface area (TPSA) is 80.4 Å². The van der Waals surface area contributed by atoms with Gasteiger partial charge in [0.2, 0.25) is 0 Å². The first-order valence-corrected chi connectivity index (χ1v) is 6.23. The first kappa shape index (κ1) is 14.0. The molecule has 2 aromatic rings. The van der Waals surface area contributed by atoms with Crippen LogP contribution in [0.1, 0.15) is 17.0 Å². The average Bonchev–Trinajstić information content (AvgIpc) is 2.48. The quantitative estimate of drug-likeness (QED) is 0.811. The zero-order valence-electron chi connectivity index (χ0n) is 10.8. The highest BCUT2D eigenvalue weighted by molar-refractivity contribution is 6.06. The van der Waals surface area contributed by atoms with E-state index in [0.29, 0.717) is 0 Å². The predicted molar refractivity (Wildman–Crippen MR) is 75.3 cm³/mol. The molecule has 0 spiro atoms. The first-order valence-electron chi connectivity index (χ1n) is 6.23. The third-order valence-corrected chi connectivity index (χ3v) is 3.12. The van der Waals surface area contributed by atoms with Crippen molar-refractivity contribution in [1.29, 1.82) is 0 Å². The molecule has 0 aliphatic heterocycles. The van der Waals surface area contributed by atoms with Crippen molar-refractivity contribution in [3.8, 4) is 0 Å². The van der Waals surface area contributed by atoms with Crippen molar-refractivity contribution in [2.45, 2.75) is 12.0 Å². The van der Waals surface area contributed by atoms with Crippen LogP contribution < -0.4 is 5.73 Å². The van der Waals surface area contributed by atoms with E-state index < -0.39 is 23.7 Å². The van der Waals surface area contributed by atoms with Crippen LogP contribution in [0.15, 0.2) is 60.7 Å². The number of ketones is 1. The molecule has 0 amide bonds. The fourth-order valence-electron chi connectivity index (χ4n) is 2.11. The SMILES string of the molecule is NC(C(=O)O)C(=O)C(c1ccccc1)c1ccccc1. The maximum atomic E-state index is 12.4. The van der Waals surface area contributed by atoms with E-state index >= 15 is 0 Å². The van der Waals surface area contributed by atoms with E-state index in [0.717, 1.165) is 11.1 Å². The summed E-state index contributed by atoms with van der Waals surface area (Å²) in [5.41, 5.74) is 6.96. The zero-order chi connectivity index (χ0) is 14.5. The highest BCUT2D eigenvalue weighted by Gasteiger charge is 2.31. The zero-order valence-corrected chi connectivity index (χ0v) is 10.8. The molecule has 102 valence electrons. The van der Waals surface area contributed by atoms with Crippen molar-refractivity contribution in [3.63, 3.8) is 0 Å². The summed E-state index contributed by atoms with van der Waals surface area (Å²) < 4.78 is 0. The molecule has 0 fully saturated rings. The van der Waals surface area contributed by atoms with Gasteiger partial charge in [0, 0.05) is 0 Å². The molecule has 1 unspecified atom stereocenters. The molecule has 20 heavy (non-hydrogen) atoms. The van der Waals surface area contributed by atoms with Crippen LogP contribution >= 0.6 is 0 Å². The van der Waals surface area contributed by atoms with Crippen LogP contribution in [0, 0.1) is 0 Å². The van der Waals surface area contributed by atoms with E-state index in [9.17, 15) is 9.59 Å². The minimum atomic E-state index is -1.53. The number of rotatable bonds is 5. The fourth-order valence-corrected chi connectivity index (χ4v) is 2.11. The van der Waals surface area contributed by atoms with Gasteiger partial charge >= 0.3 is 5.97 Å². The van der Waals surface area contributed by atoms with Crippen LogP contribution in [0.2, 0.25) is 0 Å². The van der Waals surface area contributed by atoms with Gasteiger partial charge in [0.1, 0.15) is 0 Å². The lowest BCUT2D eigenvalue weighted by atomic mass is 9.85. The van der Waals surface area contributed by atoms with Gasteiger partial charge in [0.15, 0.2) is 11.8 Å². The minimum absolute atomic E-state index is 0.519. The maximum absolute atomic E-state index is 12.4. The number of benzene rings is 2. The van der Waals surface area contributed by atoms with Crippen molar-refractivity contribution < 1.29 is 14.7 Å². The Bertz CT molecular complexity index is 556. The largest absolute Gasteiger partial charge is 0.480 e. The van der Waals surface area contributed by atoms with Crippen LogP contribution in [0.5, 0.6) is 0 Å². The van der Waals surface area contributed by atoms with Crippen LogP contribution in [0.4, 0.5) is 0 Å². The summed E-state index contributed by atoms with van der Waals surface area (Å²) in [6.07, 6.45) is 0. The Morgan fingerprint density at radius 3 is 1.60 bits per heavy atom. The Balaban J connectivity index is 2.46. The first-order chi connectivity index (χ1) is 9.61. The molecule has 0 heterocycles. The molecule has 0 aliphatic carbocycles. The van der Waals surface area contributed by atoms with Gasteiger partial charge in [-0.1, -0.05) is 60.7 Å². The fraction of sp³-hybridized carbons (Fsp3) is 0.125. The molecule has 0 aliphatic rings. The molecular weight excluding hydrogens is 254 g/mol. The number of Topliss-reactive ketones (excluding diaryl/α,β-unsaturated/α-hetero) is 1. The number of hydrogen-bond donors (Lipinski definition) is 2. The molecule has 2 aromatic carbocycles. The summed E-state index contributed by atoms with van der Waals surface area (Å²) in [5.74, 6) is -2.50. The molecule has 0 aromatic heterocycles. The summed E-state index contributed by atoms with van der Waals surface area (Å²) in [7, 11) is 0. The molecular formula is C16H15NO3. The molecule has 0 bridgehead atoms. The van der Waals surface area contributed by atoms with E-state index in [-0.39, 0.29) is 0 Å². The van der Waals surface area contributed by atoms with Crippen molar-refractivity contribution >= 4 is 11.8 Å². The average molecular weight is 269 g/mol. The standard InChI is InChI=1S/C16H15NO3/c17-14(16(19)20)15(18)13(11-7-3-1-4-8-11)12-9-5-2-6-10-12/h1-10,13-14H,17H2,(H,19,20). The summed E-state index contributed by atoms with van der Waals surface area (Å²) in [4.78, 5) is 23.3. The van der Waals surface area contributed by atoms with Gasteiger partial charge < -0.3 is 10.8 Å². The lowest BCUT2D eigenvalue weighted by Gasteiger charge is -2.18. The number of hydrogen-bond acceptors (Lipinski definition) is 3. The summed E-state index contributed by atoms with van der Waals surface area (Å²) in [6.45, 7) is 0. The highest BCUT2D eigenvalue weighted by atomic mass is 16.4. The van der Waals surface area contributed by atoms with E-state index in [1.54, 1.807) is 24.3 Å². The Morgan fingerprint density at radius 1 is 0.850 bits per heavy atom. The van der Waals surface area contributed by atoms with Gasteiger partial charge in [-0.3, -0.25) is 9.59 Å². The summed E-state index contributed by atoms with van der Waals surface area (Å²) in [6, 6.07) is 16.6. The Labute approximate surface area is 116 Å². The van der Waals surface area contributed by atoms with Crippen molar-refractivity contribution in [2.75, 3.05) is 0 Å². The Morgan fingerprint density at radius 2 is 1.25 bits per heavy atom. The number of carbonyl (C=O) groups is 2. The van der Waals surface area contributed by atoms with Crippen LogP contribution in [0.25, 0.3) is 0 Å². The number of carboxylic acids is 1. The summed E-state index contributed by atoms with van der Waals surface area (Å²) >= 11 is 0. The highest BCUT2D eigenvalue weighted by Crippen LogP contribution is 2.26. The lowest BCUT2D eigenvalue weighted by molar-refractivity contribution is -0.142. The van der Waals surface area contributed by atoms with Gasteiger partial charge in [0.05, 0.1) is 5.92 Å². The second-order valence-electron chi connectivity index (χ2n) is 4.47. The van der Waals surface area contributed by atoms with Crippen molar-refractivity contribution in [2.24, 2.45) is 5.73 Å². The van der Waals surface area contributed by atoms with Gasteiger partial charge in [-0.25, -0.2) is 0 Å². The molecule has 0 radical (unpaired) electrons. The maximum Gasteiger partial charge on any atom is 0.328 e. The minimum Gasteiger partial charge on any atom is -0.480 e. The van der Waals surface area contributed by atoms with Crippen molar-refractivity contribution in [3.05, 3.63) is 71.8 Å². The van der Waals surface area contributed by atoms with E-state index in [1.165, 1.54) is 0 Å². The molecule has 0 saturated carbocycles. The second-order valence-corrected chi connectivity index (χ2v) is 4.47. The van der Waals surface area contributed by atoms with Gasteiger partial charge in [-0.05, 0) is 11.1 Å². The van der Waals surface area contributed by atoms with E-state index in [1.807, 2.05) is 36.4 Å². The van der Waals surface area contributed by atoms with E-state index in [4.69, 9.17) is 10.8 Å². The van der Waals surface area contributed by atoms with Crippen LogP contribution in [-0.4, -0.2) is 22.9 Å². The monoisotopic (exact) mass is 269 g/mol. The van der Waals surface area contributed by atoms with Crippen LogP contribution in [-0.2, 0) is 9.59 Å². The van der Waals surface area contributed by atoms with Gasteiger partial charge in [-0.15, -0.1) is 0 Å². The number of aliphatic carboxylic acids is 1. The molecule has 0 saturated heterocycles. The van der Waals surface area contributed by atoms with Crippen molar-refractivity contribution in [1.82, 2.24) is 0 Å². The molecule has 1 atom stereocenters. The molecule has 4 heteroatoms. The second kappa shape index (κ2) is 6.12. The normalized spacial score (nSPS) is 12.1. The van der Waals surface area contributed by atoms with Crippen LogP contribution in [0.3, 0.4) is 0 Å². The number of carbonyl (C=O) groups excluding carboxylic acids is 1. The predicted octanol–water partition coefficient (Wildman–Crippen LogP) is 1.80. The number of carboxylic acid groups (broad SMARTS) is 1. The Kier molecular flexibility index (Phi) is 4.27. The number of nitrogens with two attached hydrogens (primary N) is 1. The smallest absolute Gasteiger partial charge is 0.328 e. The Hall–Kier alpha value is -2.46.